The Balaban J connectivity index is 2.06. The highest BCUT2D eigenvalue weighted by atomic mass is 35.5. The molecule has 0 unspecified atom stereocenters. The van der Waals surface area contributed by atoms with Crippen molar-refractivity contribution in [1.82, 2.24) is 9.97 Å². The lowest BCUT2D eigenvalue weighted by molar-refractivity contribution is -0.383. The third kappa shape index (κ3) is 5.54. The van der Waals surface area contributed by atoms with E-state index in [2.05, 4.69) is 15.3 Å². The van der Waals surface area contributed by atoms with E-state index in [0.29, 0.717) is 10.7 Å². The Morgan fingerprint density at radius 1 is 1.26 bits per heavy atom. The van der Waals surface area contributed by atoms with E-state index in [1.165, 1.54) is 4.90 Å². The molecule has 1 saturated heterocycles. The zero-order chi connectivity index (χ0) is 25.3. The van der Waals surface area contributed by atoms with Gasteiger partial charge in [0, 0.05) is 42.9 Å². The monoisotopic (exact) mass is 512 g/mol. The highest BCUT2D eigenvalue weighted by Gasteiger charge is 2.43. The fraction of sp³-hybridized carbons (Fsp3) is 0.450. The Kier molecular flexibility index (Phi) is 7.29. The van der Waals surface area contributed by atoms with Gasteiger partial charge >= 0.3 is 5.69 Å². The van der Waals surface area contributed by atoms with Crippen LogP contribution in [-0.2, 0) is 19.4 Å². The van der Waals surface area contributed by atoms with Gasteiger partial charge in [-0.1, -0.05) is 11.6 Å². The first-order valence-corrected chi connectivity index (χ1v) is 12.6. The van der Waals surface area contributed by atoms with Gasteiger partial charge in [0.25, 0.3) is 5.16 Å². The Hall–Kier alpha value is -3.03. The number of carbonyl (C=O) groups excluding carboxylic acids is 1. The summed E-state index contributed by atoms with van der Waals surface area (Å²) < 4.78 is 30.4. The molecule has 0 radical (unpaired) electrons. The second-order valence-corrected chi connectivity index (χ2v) is 10.5. The number of nitro groups is 1. The van der Waals surface area contributed by atoms with Gasteiger partial charge in [-0.3, -0.25) is 14.9 Å². The number of hydrogen-bond acceptors (Lipinski definition) is 10. The number of nitrogens with zero attached hydrogens (tertiary/aromatic N) is 4. The van der Waals surface area contributed by atoms with Crippen molar-refractivity contribution in [1.29, 1.82) is 0 Å². The molecule has 0 saturated carbocycles. The van der Waals surface area contributed by atoms with Gasteiger partial charge in [-0.15, -0.1) is 0 Å². The lowest BCUT2D eigenvalue weighted by Crippen LogP contribution is -2.55. The average molecular weight is 513 g/mol. The summed E-state index contributed by atoms with van der Waals surface area (Å²) in [6, 6.07) is 6.27. The molecular weight excluding hydrogens is 488 g/mol. The molecule has 12 nitrogen and oxygen atoms in total. The first kappa shape index (κ1) is 25.6. The molecule has 2 aromatic rings. The van der Waals surface area contributed by atoms with E-state index in [4.69, 9.17) is 22.1 Å². The summed E-state index contributed by atoms with van der Waals surface area (Å²) in [5, 5.41) is 14.7. The van der Waals surface area contributed by atoms with Crippen molar-refractivity contribution in [2.45, 2.75) is 43.6 Å². The Morgan fingerprint density at radius 3 is 2.32 bits per heavy atom. The lowest BCUT2D eigenvalue weighted by atomic mass is 9.90. The number of anilines is 3. The van der Waals surface area contributed by atoms with Crippen LogP contribution in [-0.4, -0.2) is 60.3 Å². The topological polar surface area (TPSA) is 171 Å². The van der Waals surface area contributed by atoms with Gasteiger partial charge in [-0.05, 0) is 38.1 Å². The number of primary amides is 1. The van der Waals surface area contributed by atoms with Gasteiger partial charge in [-0.25, -0.2) is 8.42 Å². The summed E-state index contributed by atoms with van der Waals surface area (Å²) in [7, 11) is -3.91. The fourth-order valence-corrected chi connectivity index (χ4v) is 4.32. The molecule has 0 atom stereocenters. The van der Waals surface area contributed by atoms with Crippen molar-refractivity contribution in [2.24, 2.45) is 5.73 Å². The molecule has 0 bridgehead atoms. The largest absolute Gasteiger partial charge is 0.367 e. The van der Waals surface area contributed by atoms with E-state index in [9.17, 15) is 23.3 Å². The summed E-state index contributed by atoms with van der Waals surface area (Å²) in [5.74, 6) is -1.10. The molecule has 1 amide bonds. The summed E-state index contributed by atoms with van der Waals surface area (Å²) in [6.45, 7) is 3.80. The minimum absolute atomic E-state index is 0.122. The van der Waals surface area contributed by atoms with Crippen molar-refractivity contribution >= 4 is 50.4 Å². The minimum Gasteiger partial charge on any atom is -0.367 e. The first-order chi connectivity index (χ1) is 15.8. The van der Waals surface area contributed by atoms with Crippen LogP contribution in [0.5, 0.6) is 0 Å². The number of halogens is 1. The number of sulfone groups is 1. The van der Waals surface area contributed by atoms with Crippen LogP contribution >= 0.6 is 11.6 Å². The molecule has 1 aromatic carbocycles. The number of rotatable bonds is 8. The maximum Gasteiger partial charge on any atom is 0.353 e. The molecule has 1 aromatic heterocycles. The number of ether oxygens (including phenoxy) is 1. The predicted molar refractivity (Wildman–Crippen MR) is 126 cm³/mol. The predicted octanol–water partition coefficient (Wildman–Crippen LogP) is 2.43. The summed E-state index contributed by atoms with van der Waals surface area (Å²) in [6.07, 6.45) is 0.944. The van der Waals surface area contributed by atoms with E-state index in [1.807, 2.05) is 0 Å². The van der Waals surface area contributed by atoms with Crippen LogP contribution in [0, 0.1) is 10.1 Å². The zero-order valence-electron chi connectivity index (χ0n) is 18.8. The minimum atomic E-state index is -3.91. The summed E-state index contributed by atoms with van der Waals surface area (Å²) >= 11 is 5.89. The number of piperidine rings is 1. The fourth-order valence-electron chi connectivity index (χ4n) is 3.69. The third-order valence-corrected chi connectivity index (χ3v) is 6.35. The molecule has 1 aliphatic heterocycles. The number of benzene rings is 1. The van der Waals surface area contributed by atoms with Gasteiger partial charge in [0.2, 0.25) is 27.4 Å². The molecule has 34 heavy (non-hydrogen) atoms. The number of nitrogens with one attached hydrogen (secondary N) is 1. The highest BCUT2D eigenvalue weighted by Crippen LogP contribution is 2.38. The van der Waals surface area contributed by atoms with Crippen LogP contribution in [0.3, 0.4) is 0 Å². The van der Waals surface area contributed by atoms with Crippen molar-refractivity contribution in [3.8, 4) is 0 Å². The Morgan fingerprint density at radius 2 is 1.85 bits per heavy atom. The van der Waals surface area contributed by atoms with Crippen molar-refractivity contribution < 1.29 is 22.9 Å². The Labute approximate surface area is 201 Å². The van der Waals surface area contributed by atoms with E-state index >= 15 is 0 Å². The smallest absolute Gasteiger partial charge is 0.353 e. The van der Waals surface area contributed by atoms with Crippen LogP contribution in [0.1, 0.15) is 26.7 Å². The summed E-state index contributed by atoms with van der Waals surface area (Å²) in [5.41, 5.74) is 4.28. The number of aromatic nitrogens is 2. The molecule has 0 aliphatic carbocycles. The second-order valence-electron chi connectivity index (χ2n) is 8.20. The van der Waals surface area contributed by atoms with Gasteiger partial charge in [-0.2, -0.15) is 9.97 Å². The molecule has 0 spiro atoms. The van der Waals surface area contributed by atoms with Crippen LogP contribution in [0.4, 0.5) is 23.0 Å². The molecule has 1 fully saturated rings. The lowest BCUT2D eigenvalue weighted by Gasteiger charge is -2.40. The van der Waals surface area contributed by atoms with Crippen LogP contribution in [0.2, 0.25) is 5.02 Å². The average Bonchev–Trinajstić information content (AvgIpc) is 2.74. The second kappa shape index (κ2) is 9.68. The van der Waals surface area contributed by atoms with Gasteiger partial charge < -0.3 is 20.7 Å². The van der Waals surface area contributed by atoms with Crippen molar-refractivity contribution in [3.63, 3.8) is 0 Å². The molecule has 3 N–H and O–H groups in total. The molecule has 184 valence electrons. The van der Waals surface area contributed by atoms with Crippen LogP contribution < -0.4 is 16.0 Å². The number of amides is 1. The third-order valence-electron chi connectivity index (χ3n) is 5.25. The van der Waals surface area contributed by atoms with E-state index < -0.39 is 37.1 Å². The number of carbonyl (C=O) groups is 1. The van der Waals surface area contributed by atoms with Gasteiger partial charge in [0.15, 0.2) is 0 Å². The zero-order valence-corrected chi connectivity index (χ0v) is 20.4. The number of nitrogens with two attached hydrogens (primary N) is 1. The first-order valence-electron chi connectivity index (χ1n) is 10.3. The van der Waals surface area contributed by atoms with Gasteiger partial charge in [0.05, 0.1) is 11.0 Å². The van der Waals surface area contributed by atoms with E-state index in [0.717, 1.165) is 6.26 Å². The number of hydrogen-bond donors (Lipinski definition) is 2. The van der Waals surface area contributed by atoms with E-state index in [-0.39, 0.29) is 43.7 Å². The molecule has 3 rings (SSSR count). The van der Waals surface area contributed by atoms with Crippen LogP contribution in [0.15, 0.2) is 29.4 Å². The quantitative estimate of drug-likeness (QED) is 0.304. The maximum absolute atomic E-state index is 12.3. The van der Waals surface area contributed by atoms with Crippen molar-refractivity contribution in [2.75, 3.05) is 29.6 Å². The molecule has 14 heteroatoms. The standard InChI is InChI=1S/C20H25ClN6O6S/c1-12(2)33-20(18(22)28)8-10-26(11-9-20)17-15(27(29)30)16(24-19(25-17)34(3,31)32)23-14-6-4-13(21)5-7-14/h4-7,12H,8-11H2,1-3H3,(H2,22,28)(H,23,24,25). The van der Waals surface area contributed by atoms with E-state index in [1.54, 1.807) is 38.1 Å². The molecular formula is C20H25ClN6O6S. The van der Waals surface area contributed by atoms with Crippen LogP contribution in [0.25, 0.3) is 0 Å². The maximum atomic E-state index is 12.3. The molecule has 1 aliphatic rings. The highest BCUT2D eigenvalue weighted by molar-refractivity contribution is 7.90. The Bertz CT molecular complexity index is 1200. The SMILES string of the molecule is CC(C)OC1(C(N)=O)CCN(c2nc(S(C)(=O)=O)nc(Nc3ccc(Cl)cc3)c2[N+](=O)[O-])CC1. The summed E-state index contributed by atoms with van der Waals surface area (Å²) in [4.78, 5) is 33.0. The normalized spacial score (nSPS) is 15.9. The van der Waals surface area contributed by atoms with Gasteiger partial charge in [0.1, 0.15) is 5.60 Å². The van der Waals surface area contributed by atoms with Crippen molar-refractivity contribution in [3.05, 3.63) is 39.4 Å². The molecule has 2 heterocycles.